The Morgan fingerprint density at radius 1 is 1.29 bits per heavy atom. The second kappa shape index (κ2) is 7.17. The Morgan fingerprint density at radius 2 is 1.76 bits per heavy atom. The fourth-order valence-corrected chi connectivity index (χ4v) is 1.40. The van der Waals surface area contributed by atoms with Crippen molar-refractivity contribution in [2.24, 2.45) is 0 Å². The minimum Gasteiger partial charge on any atom is -0.308 e. The van der Waals surface area contributed by atoms with Crippen molar-refractivity contribution in [1.82, 2.24) is 5.32 Å². The van der Waals surface area contributed by atoms with Crippen LogP contribution in [0.3, 0.4) is 0 Å². The molecule has 0 aliphatic heterocycles. The standard InChI is InChI=1S/C12H16FNO.C2H6/c1-9(15)12(2,14-3)8-10-4-6-11(13)7-5-10;1-2/h4-7,14H,8H2,1-3H3;1-2H3. The molecule has 1 atom stereocenters. The van der Waals surface area contributed by atoms with Gasteiger partial charge in [0, 0.05) is 0 Å². The maximum Gasteiger partial charge on any atom is 0.149 e. The smallest absolute Gasteiger partial charge is 0.149 e. The van der Waals surface area contributed by atoms with Gasteiger partial charge in [-0.1, -0.05) is 26.0 Å². The lowest BCUT2D eigenvalue weighted by molar-refractivity contribution is -0.122. The fraction of sp³-hybridized carbons (Fsp3) is 0.500. The van der Waals surface area contributed by atoms with Gasteiger partial charge in [-0.3, -0.25) is 4.79 Å². The molecular formula is C14H22FNO. The SMILES string of the molecule is CC.CNC(C)(Cc1ccc(F)cc1)C(C)=O. The zero-order valence-corrected chi connectivity index (χ0v) is 11.3. The van der Waals surface area contributed by atoms with Gasteiger partial charge in [0.2, 0.25) is 0 Å². The first-order chi connectivity index (χ1) is 7.98. The van der Waals surface area contributed by atoms with Crippen LogP contribution in [0, 0.1) is 5.82 Å². The first-order valence-corrected chi connectivity index (χ1v) is 5.92. The summed E-state index contributed by atoms with van der Waals surface area (Å²) in [5, 5.41) is 3.00. The summed E-state index contributed by atoms with van der Waals surface area (Å²) in [4.78, 5) is 11.4. The Morgan fingerprint density at radius 3 is 2.12 bits per heavy atom. The Labute approximate surface area is 103 Å². The van der Waals surface area contributed by atoms with E-state index in [9.17, 15) is 9.18 Å². The van der Waals surface area contributed by atoms with E-state index < -0.39 is 5.54 Å². The van der Waals surface area contributed by atoms with Crippen LogP contribution in [-0.4, -0.2) is 18.4 Å². The summed E-state index contributed by atoms with van der Waals surface area (Å²) < 4.78 is 12.7. The first-order valence-electron chi connectivity index (χ1n) is 5.92. The fourth-order valence-electron chi connectivity index (χ4n) is 1.40. The molecule has 1 rings (SSSR count). The van der Waals surface area contributed by atoms with Crippen LogP contribution in [0.15, 0.2) is 24.3 Å². The zero-order chi connectivity index (χ0) is 13.5. The van der Waals surface area contributed by atoms with Crippen molar-refractivity contribution in [2.75, 3.05) is 7.05 Å². The van der Waals surface area contributed by atoms with Crippen molar-refractivity contribution in [3.63, 3.8) is 0 Å². The molecule has 2 nitrogen and oxygen atoms in total. The number of likely N-dealkylation sites (N-methyl/N-ethyl adjacent to an activating group) is 1. The second-order valence-corrected chi connectivity index (χ2v) is 3.94. The maximum atomic E-state index is 12.7. The van der Waals surface area contributed by atoms with Gasteiger partial charge in [-0.15, -0.1) is 0 Å². The number of hydrogen-bond acceptors (Lipinski definition) is 2. The molecule has 0 fully saturated rings. The minimum absolute atomic E-state index is 0.0781. The van der Waals surface area contributed by atoms with Gasteiger partial charge in [-0.05, 0) is 45.0 Å². The molecule has 0 spiro atoms. The molecule has 1 aromatic rings. The lowest BCUT2D eigenvalue weighted by Gasteiger charge is -2.26. The molecule has 1 aromatic carbocycles. The maximum absolute atomic E-state index is 12.7. The molecule has 0 aliphatic carbocycles. The summed E-state index contributed by atoms with van der Waals surface area (Å²) in [5.74, 6) is -0.179. The van der Waals surface area contributed by atoms with Gasteiger partial charge in [0.15, 0.2) is 0 Å². The zero-order valence-electron chi connectivity index (χ0n) is 11.3. The van der Waals surface area contributed by atoms with Gasteiger partial charge in [0.05, 0.1) is 5.54 Å². The van der Waals surface area contributed by atoms with Crippen LogP contribution in [0.25, 0.3) is 0 Å². The number of carbonyl (C=O) groups excluding carboxylic acids is 1. The molecule has 0 bridgehead atoms. The molecule has 1 unspecified atom stereocenters. The Kier molecular flexibility index (Phi) is 6.66. The van der Waals surface area contributed by atoms with Crippen LogP contribution in [0.2, 0.25) is 0 Å². The summed E-state index contributed by atoms with van der Waals surface area (Å²) in [6.07, 6.45) is 0.569. The number of benzene rings is 1. The highest BCUT2D eigenvalue weighted by atomic mass is 19.1. The van der Waals surface area contributed by atoms with Crippen LogP contribution in [0.1, 0.15) is 33.3 Å². The Bertz CT molecular complexity index is 348. The number of rotatable bonds is 4. The predicted octanol–water partition coefficient (Wildman–Crippen LogP) is 2.96. The van der Waals surface area contributed by atoms with E-state index in [-0.39, 0.29) is 11.6 Å². The van der Waals surface area contributed by atoms with Crippen molar-refractivity contribution in [1.29, 1.82) is 0 Å². The molecule has 0 saturated heterocycles. The van der Waals surface area contributed by atoms with Gasteiger partial charge in [0.1, 0.15) is 11.6 Å². The van der Waals surface area contributed by atoms with E-state index >= 15 is 0 Å². The van der Waals surface area contributed by atoms with Gasteiger partial charge in [0.25, 0.3) is 0 Å². The summed E-state index contributed by atoms with van der Waals surface area (Å²) in [6, 6.07) is 6.22. The third-order valence-electron chi connectivity index (χ3n) is 2.80. The van der Waals surface area contributed by atoms with Crippen LogP contribution in [0.5, 0.6) is 0 Å². The number of ketones is 1. The van der Waals surface area contributed by atoms with E-state index in [4.69, 9.17) is 0 Å². The molecule has 96 valence electrons. The van der Waals surface area contributed by atoms with E-state index in [1.807, 2.05) is 20.8 Å². The van der Waals surface area contributed by atoms with Crippen LogP contribution in [-0.2, 0) is 11.2 Å². The van der Waals surface area contributed by atoms with Crippen molar-refractivity contribution < 1.29 is 9.18 Å². The highest BCUT2D eigenvalue weighted by Gasteiger charge is 2.27. The summed E-state index contributed by atoms with van der Waals surface area (Å²) >= 11 is 0. The third kappa shape index (κ3) is 4.65. The highest BCUT2D eigenvalue weighted by molar-refractivity contribution is 5.85. The van der Waals surface area contributed by atoms with Gasteiger partial charge >= 0.3 is 0 Å². The molecule has 0 radical (unpaired) electrons. The molecule has 0 amide bonds. The van der Waals surface area contributed by atoms with E-state index in [0.717, 1.165) is 5.56 Å². The summed E-state index contributed by atoms with van der Waals surface area (Å²) in [5.41, 5.74) is 0.376. The van der Waals surface area contributed by atoms with Gasteiger partial charge in [-0.25, -0.2) is 4.39 Å². The highest BCUT2D eigenvalue weighted by Crippen LogP contribution is 2.14. The quantitative estimate of drug-likeness (QED) is 0.875. The van der Waals surface area contributed by atoms with E-state index in [1.54, 1.807) is 26.1 Å². The Balaban J connectivity index is 0.00000121. The third-order valence-corrected chi connectivity index (χ3v) is 2.80. The number of carbonyl (C=O) groups is 1. The molecule has 3 heteroatoms. The number of nitrogens with one attached hydrogen (secondary N) is 1. The van der Waals surface area contributed by atoms with Gasteiger partial charge in [-0.2, -0.15) is 0 Å². The lowest BCUT2D eigenvalue weighted by atomic mass is 9.89. The summed E-state index contributed by atoms with van der Waals surface area (Å²) in [6.45, 7) is 7.40. The van der Waals surface area contributed by atoms with E-state index in [0.29, 0.717) is 6.42 Å². The van der Waals surface area contributed by atoms with Crippen molar-refractivity contribution in [3.05, 3.63) is 35.6 Å². The van der Waals surface area contributed by atoms with E-state index in [2.05, 4.69) is 5.32 Å². The van der Waals surface area contributed by atoms with Crippen LogP contribution >= 0.6 is 0 Å². The number of Topliss-reactive ketones (excluding diaryl/α,β-unsaturated/α-hetero) is 1. The average molecular weight is 239 g/mol. The van der Waals surface area contributed by atoms with Crippen molar-refractivity contribution in [2.45, 2.75) is 39.7 Å². The van der Waals surface area contributed by atoms with Gasteiger partial charge < -0.3 is 5.32 Å². The molecule has 17 heavy (non-hydrogen) atoms. The largest absolute Gasteiger partial charge is 0.308 e. The molecular weight excluding hydrogens is 217 g/mol. The van der Waals surface area contributed by atoms with Crippen LogP contribution in [0.4, 0.5) is 4.39 Å². The number of halogens is 1. The normalized spacial score (nSPS) is 13.3. The molecule has 0 aromatic heterocycles. The summed E-state index contributed by atoms with van der Waals surface area (Å²) in [7, 11) is 1.75. The second-order valence-electron chi connectivity index (χ2n) is 3.94. The molecule has 0 aliphatic rings. The lowest BCUT2D eigenvalue weighted by Crippen LogP contribution is -2.48. The molecule has 1 N–H and O–H groups in total. The topological polar surface area (TPSA) is 29.1 Å². The van der Waals surface area contributed by atoms with Crippen molar-refractivity contribution in [3.8, 4) is 0 Å². The molecule has 0 saturated carbocycles. The minimum atomic E-state index is -0.572. The number of hydrogen-bond donors (Lipinski definition) is 1. The average Bonchev–Trinajstić information content (AvgIpc) is 2.34. The predicted molar refractivity (Wildman–Crippen MR) is 69.6 cm³/mol. The molecule has 0 heterocycles. The van der Waals surface area contributed by atoms with Crippen LogP contribution < -0.4 is 5.32 Å². The first kappa shape index (κ1) is 15.8. The van der Waals surface area contributed by atoms with Crippen molar-refractivity contribution >= 4 is 5.78 Å². The monoisotopic (exact) mass is 239 g/mol. The Hall–Kier alpha value is -1.22. The van der Waals surface area contributed by atoms with E-state index in [1.165, 1.54) is 12.1 Å².